The van der Waals surface area contributed by atoms with Crippen molar-refractivity contribution in [3.8, 4) is 0 Å². The second kappa shape index (κ2) is 8.84. The van der Waals surface area contributed by atoms with E-state index < -0.39 is 34.0 Å². The van der Waals surface area contributed by atoms with E-state index in [2.05, 4.69) is 0 Å². The zero-order valence-corrected chi connectivity index (χ0v) is 18.4. The van der Waals surface area contributed by atoms with Gasteiger partial charge in [-0.05, 0) is 38.8 Å². The van der Waals surface area contributed by atoms with E-state index in [1.807, 2.05) is 0 Å². The molecule has 0 N–H and O–H groups in total. The Labute approximate surface area is 185 Å². The maximum atomic E-state index is 15.4. The van der Waals surface area contributed by atoms with Crippen LogP contribution in [0.15, 0.2) is 24.3 Å². The number of carbonyl (C=O) groups is 2. The number of hydrogen-bond acceptors (Lipinski definition) is 5. The molecule has 1 saturated heterocycles. The first-order valence-electron chi connectivity index (χ1n) is 10.5. The number of ether oxygens (including phenoxy) is 1. The third-order valence-electron chi connectivity index (χ3n) is 5.60. The zero-order valence-electron chi connectivity index (χ0n) is 18.4. The first-order chi connectivity index (χ1) is 14.9. The Bertz CT molecular complexity index is 949. The van der Waals surface area contributed by atoms with Crippen LogP contribution >= 0.6 is 0 Å². The molecule has 2 aliphatic rings. The summed E-state index contributed by atoms with van der Waals surface area (Å²) in [7, 11) is 0. The summed E-state index contributed by atoms with van der Waals surface area (Å²) in [5, 5.41) is 10.8. The molecule has 0 unspecified atom stereocenters. The fourth-order valence-corrected chi connectivity index (χ4v) is 3.84. The molecule has 0 aliphatic carbocycles. The Balaban J connectivity index is 1.61. The van der Waals surface area contributed by atoms with E-state index in [-0.39, 0.29) is 50.3 Å². The fourth-order valence-electron chi connectivity index (χ4n) is 3.84. The number of halogens is 2. The van der Waals surface area contributed by atoms with Crippen LogP contribution in [0.5, 0.6) is 0 Å². The number of nitrogens with zero attached hydrogens (tertiary/aromatic N) is 3. The molecule has 10 heteroatoms. The number of nitro groups is 1. The summed E-state index contributed by atoms with van der Waals surface area (Å²) >= 11 is 0. The lowest BCUT2D eigenvalue weighted by molar-refractivity contribution is -0.385. The molecule has 0 saturated carbocycles. The second-order valence-corrected chi connectivity index (χ2v) is 9.08. The first-order valence-corrected chi connectivity index (χ1v) is 10.5. The summed E-state index contributed by atoms with van der Waals surface area (Å²) in [6.07, 6.45) is 1.19. The molecule has 0 aromatic heterocycles. The molecule has 8 nitrogen and oxygen atoms in total. The lowest BCUT2D eigenvalue weighted by atomic mass is 9.90. The van der Waals surface area contributed by atoms with E-state index in [0.29, 0.717) is 12.0 Å². The van der Waals surface area contributed by atoms with Gasteiger partial charge in [0.1, 0.15) is 11.4 Å². The molecule has 3 rings (SSSR count). The second-order valence-electron chi connectivity index (χ2n) is 9.08. The van der Waals surface area contributed by atoms with Crippen LogP contribution in [0.3, 0.4) is 0 Å². The number of piperidine rings is 1. The largest absolute Gasteiger partial charge is 0.444 e. The van der Waals surface area contributed by atoms with Crippen LogP contribution in [0.4, 0.5) is 19.3 Å². The van der Waals surface area contributed by atoms with E-state index in [4.69, 9.17) is 4.74 Å². The Kier molecular flexibility index (Phi) is 6.52. The van der Waals surface area contributed by atoms with E-state index in [9.17, 15) is 24.1 Å². The zero-order chi connectivity index (χ0) is 23.7. The Hall–Kier alpha value is -3.04. The molecule has 1 aromatic rings. The molecule has 1 aromatic carbocycles. The average Bonchev–Trinajstić information content (AvgIpc) is 2.72. The predicted octanol–water partition coefficient (Wildman–Crippen LogP) is 4.09. The quantitative estimate of drug-likeness (QED) is 0.510. The highest BCUT2D eigenvalue weighted by atomic mass is 19.1. The minimum absolute atomic E-state index is 0.0834. The van der Waals surface area contributed by atoms with Crippen molar-refractivity contribution >= 4 is 23.3 Å². The van der Waals surface area contributed by atoms with Gasteiger partial charge >= 0.3 is 6.09 Å². The molecule has 2 heterocycles. The summed E-state index contributed by atoms with van der Waals surface area (Å²) in [6.45, 7) is 5.74. The maximum Gasteiger partial charge on any atom is 0.410 e. The van der Waals surface area contributed by atoms with Gasteiger partial charge in [0, 0.05) is 50.7 Å². The first kappa shape index (κ1) is 23.6. The maximum absolute atomic E-state index is 15.4. The third kappa shape index (κ3) is 5.23. The van der Waals surface area contributed by atoms with Crippen LogP contribution < -0.4 is 0 Å². The van der Waals surface area contributed by atoms with Crippen LogP contribution in [-0.2, 0) is 9.53 Å². The van der Waals surface area contributed by atoms with Gasteiger partial charge < -0.3 is 14.5 Å². The van der Waals surface area contributed by atoms with E-state index >= 15 is 4.39 Å². The van der Waals surface area contributed by atoms with Gasteiger partial charge in [-0.15, -0.1) is 0 Å². The minimum Gasteiger partial charge on any atom is -0.444 e. The van der Waals surface area contributed by atoms with Crippen molar-refractivity contribution in [1.82, 2.24) is 9.80 Å². The molecular formula is C22H27F2N3O5. The standard InChI is InChI=1S/C22H27F2N3O5/c1-21(2,3)32-20(29)26-12-8-22(24,9-13-26)19(28)25-10-6-15(7-11-25)17-5-4-16(27(30)31)14-18(17)23/h4-6,14H,7-13H2,1-3H3. The SMILES string of the molecule is CC(C)(C)OC(=O)N1CCC(F)(C(=O)N2CC=C(c3ccc([N+](=O)[O-])cc3F)CC2)CC1. The van der Waals surface area contributed by atoms with Gasteiger partial charge in [0.05, 0.1) is 11.0 Å². The number of nitro benzene ring substituents is 1. The number of carbonyl (C=O) groups excluding carboxylic acids is 2. The van der Waals surface area contributed by atoms with Crippen molar-refractivity contribution in [2.75, 3.05) is 26.2 Å². The molecule has 2 aliphatic heterocycles. The van der Waals surface area contributed by atoms with Gasteiger partial charge in [0.25, 0.3) is 11.6 Å². The normalized spacial score (nSPS) is 18.7. The Morgan fingerprint density at radius 3 is 2.31 bits per heavy atom. The van der Waals surface area contributed by atoms with Crippen molar-refractivity contribution in [3.63, 3.8) is 0 Å². The monoisotopic (exact) mass is 451 g/mol. The number of benzene rings is 1. The van der Waals surface area contributed by atoms with Gasteiger partial charge in [-0.3, -0.25) is 14.9 Å². The molecule has 174 valence electrons. The number of amides is 2. The molecular weight excluding hydrogens is 424 g/mol. The summed E-state index contributed by atoms with van der Waals surface area (Å²) in [5.74, 6) is -1.34. The summed E-state index contributed by atoms with van der Waals surface area (Å²) in [6, 6.07) is 3.44. The van der Waals surface area contributed by atoms with E-state index in [1.165, 1.54) is 21.9 Å². The van der Waals surface area contributed by atoms with Crippen LogP contribution in [0.2, 0.25) is 0 Å². The number of likely N-dealkylation sites (tertiary alicyclic amines) is 1. The van der Waals surface area contributed by atoms with Gasteiger partial charge in [0.15, 0.2) is 5.67 Å². The van der Waals surface area contributed by atoms with Gasteiger partial charge in [0.2, 0.25) is 0 Å². The number of rotatable bonds is 3. The lowest BCUT2D eigenvalue weighted by Crippen LogP contribution is -2.54. The average molecular weight is 451 g/mol. The van der Waals surface area contributed by atoms with Crippen molar-refractivity contribution < 1.29 is 28.0 Å². The highest BCUT2D eigenvalue weighted by Gasteiger charge is 2.45. The molecule has 0 spiro atoms. The number of non-ortho nitro benzene ring substituents is 1. The molecule has 0 bridgehead atoms. The fraction of sp³-hybridized carbons (Fsp3) is 0.545. The summed E-state index contributed by atoms with van der Waals surface area (Å²) < 4.78 is 35.0. The van der Waals surface area contributed by atoms with E-state index in [1.54, 1.807) is 26.8 Å². The van der Waals surface area contributed by atoms with Gasteiger partial charge in [-0.25, -0.2) is 13.6 Å². The van der Waals surface area contributed by atoms with Crippen LogP contribution in [-0.4, -0.2) is 64.2 Å². The highest BCUT2D eigenvalue weighted by Crippen LogP contribution is 2.32. The van der Waals surface area contributed by atoms with Crippen LogP contribution in [0, 0.1) is 15.9 Å². The van der Waals surface area contributed by atoms with Crippen molar-refractivity contribution in [1.29, 1.82) is 0 Å². The Morgan fingerprint density at radius 2 is 1.81 bits per heavy atom. The molecule has 0 radical (unpaired) electrons. The van der Waals surface area contributed by atoms with E-state index in [0.717, 1.165) is 6.07 Å². The molecule has 2 amide bonds. The number of alkyl halides is 1. The highest BCUT2D eigenvalue weighted by molar-refractivity contribution is 5.86. The molecule has 32 heavy (non-hydrogen) atoms. The van der Waals surface area contributed by atoms with Crippen LogP contribution in [0.1, 0.15) is 45.6 Å². The van der Waals surface area contributed by atoms with Gasteiger partial charge in [-0.1, -0.05) is 6.08 Å². The molecule has 1 fully saturated rings. The van der Waals surface area contributed by atoms with Crippen molar-refractivity contribution in [3.05, 3.63) is 45.8 Å². The van der Waals surface area contributed by atoms with Gasteiger partial charge in [-0.2, -0.15) is 0 Å². The van der Waals surface area contributed by atoms with Crippen molar-refractivity contribution in [2.45, 2.75) is 51.3 Å². The Morgan fingerprint density at radius 1 is 1.16 bits per heavy atom. The smallest absolute Gasteiger partial charge is 0.410 e. The summed E-state index contributed by atoms with van der Waals surface area (Å²) in [5.41, 5.74) is -2.20. The van der Waals surface area contributed by atoms with Crippen molar-refractivity contribution in [2.24, 2.45) is 0 Å². The molecule has 0 atom stereocenters. The predicted molar refractivity (Wildman–Crippen MR) is 113 cm³/mol. The third-order valence-corrected chi connectivity index (χ3v) is 5.60. The van der Waals surface area contributed by atoms with Crippen LogP contribution in [0.25, 0.3) is 5.57 Å². The topological polar surface area (TPSA) is 93.0 Å². The number of hydrogen-bond donors (Lipinski definition) is 0. The summed E-state index contributed by atoms with van der Waals surface area (Å²) in [4.78, 5) is 37.9. The minimum atomic E-state index is -2.07. The lowest BCUT2D eigenvalue weighted by Gasteiger charge is -2.39.